The van der Waals surface area contributed by atoms with Crippen LogP contribution in [0.1, 0.15) is 5.56 Å². The monoisotopic (exact) mass is 214 g/mol. The standard InChI is InChI=1S/C13H11FN2/c14-13-8-10(9-16-15)6-7-12(13)11-4-2-1-3-5-11/h1-9H,15H2. The van der Waals surface area contributed by atoms with E-state index >= 15 is 0 Å². The summed E-state index contributed by atoms with van der Waals surface area (Å²) in [6.45, 7) is 0. The van der Waals surface area contributed by atoms with Gasteiger partial charge >= 0.3 is 0 Å². The van der Waals surface area contributed by atoms with Gasteiger partial charge in [0.2, 0.25) is 0 Å². The molecule has 80 valence electrons. The van der Waals surface area contributed by atoms with Crippen LogP contribution < -0.4 is 5.84 Å². The molecule has 0 saturated carbocycles. The number of hydrogen-bond acceptors (Lipinski definition) is 2. The fourth-order valence-electron chi connectivity index (χ4n) is 1.55. The Labute approximate surface area is 93.2 Å². The Hall–Kier alpha value is -2.16. The summed E-state index contributed by atoms with van der Waals surface area (Å²) in [5.74, 6) is 4.73. The first-order valence-corrected chi connectivity index (χ1v) is 4.89. The van der Waals surface area contributed by atoms with E-state index in [9.17, 15) is 4.39 Å². The van der Waals surface area contributed by atoms with Crippen LogP contribution in [-0.2, 0) is 0 Å². The van der Waals surface area contributed by atoms with Crippen molar-refractivity contribution in [3.63, 3.8) is 0 Å². The topological polar surface area (TPSA) is 38.4 Å². The maximum atomic E-state index is 13.8. The SMILES string of the molecule is NN=Cc1ccc(-c2ccccc2)c(F)c1. The van der Waals surface area contributed by atoms with Crippen LogP contribution in [-0.4, -0.2) is 6.21 Å². The minimum atomic E-state index is -0.274. The molecule has 3 heteroatoms. The van der Waals surface area contributed by atoms with Gasteiger partial charge < -0.3 is 5.84 Å². The number of halogens is 1. The van der Waals surface area contributed by atoms with Crippen molar-refractivity contribution in [3.05, 3.63) is 59.9 Å². The Bertz CT molecular complexity index is 507. The lowest BCUT2D eigenvalue weighted by molar-refractivity contribution is 0.631. The van der Waals surface area contributed by atoms with Crippen LogP contribution in [0.5, 0.6) is 0 Å². The van der Waals surface area contributed by atoms with Crippen molar-refractivity contribution in [2.75, 3.05) is 0 Å². The third kappa shape index (κ3) is 2.08. The quantitative estimate of drug-likeness (QED) is 0.466. The van der Waals surface area contributed by atoms with Crippen LogP contribution in [0.4, 0.5) is 4.39 Å². The van der Waals surface area contributed by atoms with Crippen molar-refractivity contribution in [3.8, 4) is 11.1 Å². The minimum absolute atomic E-state index is 0.274. The average Bonchev–Trinajstić information content (AvgIpc) is 2.31. The summed E-state index contributed by atoms with van der Waals surface area (Å²) in [4.78, 5) is 0. The molecule has 0 unspecified atom stereocenters. The Morgan fingerprint density at radius 3 is 2.44 bits per heavy atom. The molecule has 2 N–H and O–H groups in total. The summed E-state index contributed by atoms with van der Waals surface area (Å²) >= 11 is 0. The smallest absolute Gasteiger partial charge is 0.131 e. The Balaban J connectivity index is 2.44. The van der Waals surface area contributed by atoms with Gasteiger partial charge in [-0.05, 0) is 17.2 Å². The van der Waals surface area contributed by atoms with Gasteiger partial charge in [0.15, 0.2) is 0 Å². The van der Waals surface area contributed by atoms with Crippen molar-refractivity contribution in [2.45, 2.75) is 0 Å². The predicted octanol–water partition coefficient (Wildman–Crippen LogP) is 2.79. The first kappa shape index (κ1) is 10.4. The highest BCUT2D eigenvalue weighted by Crippen LogP contribution is 2.22. The number of nitrogens with two attached hydrogens (primary N) is 1. The van der Waals surface area contributed by atoms with Gasteiger partial charge in [0.05, 0.1) is 6.21 Å². The number of hydrazone groups is 1. The Kier molecular flexibility index (Phi) is 2.96. The largest absolute Gasteiger partial charge is 0.323 e. The van der Waals surface area contributed by atoms with Crippen LogP contribution in [0.2, 0.25) is 0 Å². The number of rotatable bonds is 2. The molecular formula is C13H11FN2. The molecule has 2 aromatic carbocycles. The van der Waals surface area contributed by atoms with Gasteiger partial charge in [0, 0.05) is 5.56 Å². The molecule has 0 fully saturated rings. The zero-order valence-electron chi connectivity index (χ0n) is 8.60. The van der Waals surface area contributed by atoms with E-state index in [1.807, 2.05) is 30.3 Å². The van der Waals surface area contributed by atoms with E-state index in [1.165, 1.54) is 12.3 Å². The molecule has 0 aliphatic rings. The fourth-order valence-corrected chi connectivity index (χ4v) is 1.55. The average molecular weight is 214 g/mol. The van der Waals surface area contributed by atoms with Crippen molar-refractivity contribution >= 4 is 6.21 Å². The summed E-state index contributed by atoms with van der Waals surface area (Å²) in [5, 5.41) is 3.36. The van der Waals surface area contributed by atoms with Gasteiger partial charge in [-0.1, -0.05) is 42.5 Å². The van der Waals surface area contributed by atoms with Crippen molar-refractivity contribution in [1.82, 2.24) is 0 Å². The summed E-state index contributed by atoms with van der Waals surface area (Å²) in [7, 11) is 0. The van der Waals surface area contributed by atoms with Crippen molar-refractivity contribution < 1.29 is 4.39 Å². The van der Waals surface area contributed by atoms with E-state index in [-0.39, 0.29) is 5.82 Å². The molecule has 0 aliphatic carbocycles. The van der Waals surface area contributed by atoms with E-state index in [2.05, 4.69) is 5.10 Å². The van der Waals surface area contributed by atoms with E-state index in [0.29, 0.717) is 11.1 Å². The summed E-state index contributed by atoms with van der Waals surface area (Å²) in [5.41, 5.74) is 2.09. The van der Waals surface area contributed by atoms with E-state index in [1.54, 1.807) is 12.1 Å². The lowest BCUT2D eigenvalue weighted by Gasteiger charge is -2.03. The molecule has 0 spiro atoms. The molecule has 2 rings (SSSR count). The van der Waals surface area contributed by atoms with Gasteiger partial charge in [-0.25, -0.2) is 4.39 Å². The Morgan fingerprint density at radius 2 is 1.81 bits per heavy atom. The molecule has 2 nitrogen and oxygen atoms in total. The molecule has 0 atom stereocenters. The molecule has 2 aromatic rings. The number of benzene rings is 2. The van der Waals surface area contributed by atoms with E-state index in [4.69, 9.17) is 5.84 Å². The molecule has 0 heterocycles. The maximum absolute atomic E-state index is 13.8. The maximum Gasteiger partial charge on any atom is 0.131 e. The van der Waals surface area contributed by atoms with Gasteiger partial charge in [-0.3, -0.25) is 0 Å². The van der Waals surface area contributed by atoms with Crippen LogP contribution in [0, 0.1) is 5.82 Å². The zero-order valence-corrected chi connectivity index (χ0v) is 8.60. The number of hydrogen-bond donors (Lipinski definition) is 1. The highest BCUT2D eigenvalue weighted by molar-refractivity contribution is 5.80. The lowest BCUT2D eigenvalue weighted by atomic mass is 10.0. The molecule has 0 amide bonds. The molecule has 0 aromatic heterocycles. The molecule has 0 radical (unpaired) electrons. The van der Waals surface area contributed by atoms with Gasteiger partial charge in [0.25, 0.3) is 0 Å². The summed E-state index contributed by atoms with van der Waals surface area (Å²) < 4.78 is 13.8. The normalized spacial score (nSPS) is 10.8. The van der Waals surface area contributed by atoms with Crippen molar-refractivity contribution in [2.24, 2.45) is 10.9 Å². The second-order valence-corrected chi connectivity index (χ2v) is 3.38. The predicted molar refractivity (Wildman–Crippen MR) is 63.6 cm³/mol. The van der Waals surface area contributed by atoms with E-state index < -0.39 is 0 Å². The van der Waals surface area contributed by atoms with Crippen molar-refractivity contribution in [1.29, 1.82) is 0 Å². The first-order chi connectivity index (χ1) is 7.81. The highest BCUT2D eigenvalue weighted by atomic mass is 19.1. The molecule has 0 bridgehead atoms. The van der Waals surface area contributed by atoms with Crippen LogP contribution in [0.3, 0.4) is 0 Å². The van der Waals surface area contributed by atoms with Crippen LogP contribution in [0.15, 0.2) is 53.6 Å². The second kappa shape index (κ2) is 4.57. The number of nitrogens with zero attached hydrogens (tertiary/aromatic N) is 1. The third-order valence-corrected chi connectivity index (χ3v) is 2.30. The summed E-state index contributed by atoms with van der Waals surface area (Å²) in [6.07, 6.45) is 1.41. The third-order valence-electron chi connectivity index (χ3n) is 2.30. The van der Waals surface area contributed by atoms with Crippen LogP contribution in [0.25, 0.3) is 11.1 Å². The molecule has 0 saturated heterocycles. The molecule has 16 heavy (non-hydrogen) atoms. The highest BCUT2D eigenvalue weighted by Gasteiger charge is 2.04. The van der Waals surface area contributed by atoms with Gasteiger partial charge in [0.1, 0.15) is 5.82 Å². The first-order valence-electron chi connectivity index (χ1n) is 4.89. The molecule has 0 aliphatic heterocycles. The van der Waals surface area contributed by atoms with Crippen LogP contribution >= 0.6 is 0 Å². The Morgan fingerprint density at radius 1 is 1.06 bits per heavy atom. The second-order valence-electron chi connectivity index (χ2n) is 3.38. The zero-order chi connectivity index (χ0) is 11.4. The minimum Gasteiger partial charge on any atom is -0.323 e. The van der Waals surface area contributed by atoms with Gasteiger partial charge in [-0.15, -0.1) is 0 Å². The molecular weight excluding hydrogens is 203 g/mol. The fraction of sp³-hybridized carbons (Fsp3) is 0. The van der Waals surface area contributed by atoms with Gasteiger partial charge in [-0.2, -0.15) is 5.10 Å². The van der Waals surface area contributed by atoms with E-state index in [0.717, 1.165) is 5.56 Å². The lowest BCUT2D eigenvalue weighted by Crippen LogP contribution is -1.90. The summed E-state index contributed by atoms with van der Waals surface area (Å²) in [6, 6.07) is 14.3.